The number of nitrogens with zero attached hydrogens (tertiary/aromatic N) is 5. The smallest absolute Gasteiger partial charge is 0.257 e. The van der Waals surface area contributed by atoms with Gasteiger partial charge in [0.1, 0.15) is 0 Å². The quantitative estimate of drug-likeness (QED) is 0.459. The highest BCUT2D eigenvalue weighted by Crippen LogP contribution is 2.18. The van der Waals surface area contributed by atoms with Crippen LogP contribution in [0.25, 0.3) is 11.5 Å². The van der Waals surface area contributed by atoms with Gasteiger partial charge in [-0.2, -0.15) is 10.1 Å². The minimum absolute atomic E-state index is 0.568. The molecule has 0 aliphatic carbocycles. The Morgan fingerprint density at radius 3 is 2.61 bits per heavy atom. The Morgan fingerprint density at radius 1 is 1.14 bits per heavy atom. The van der Waals surface area contributed by atoms with E-state index < -0.39 is 0 Å². The van der Waals surface area contributed by atoms with Gasteiger partial charge >= 0.3 is 0 Å². The van der Waals surface area contributed by atoms with Gasteiger partial charge in [0.25, 0.3) is 5.89 Å². The van der Waals surface area contributed by atoms with Crippen LogP contribution in [0.15, 0.2) is 46.0 Å². The van der Waals surface area contributed by atoms with Crippen LogP contribution >= 0.6 is 0 Å². The van der Waals surface area contributed by atoms with Crippen molar-refractivity contribution >= 4 is 5.96 Å². The third-order valence-electron chi connectivity index (χ3n) is 4.36. The van der Waals surface area contributed by atoms with Crippen molar-refractivity contribution in [2.45, 2.75) is 33.2 Å². The van der Waals surface area contributed by atoms with Crippen LogP contribution < -0.4 is 10.6 Å². The van der Waals surface area contributed by atoms with Crippen molar-refractivity contribution in [1.29, 1.82) is 0 Å². The molecule has 2 aromatic heterocycles. The Labute approximate surface area is 165 Å². The third kappa shape index (κ3) is 5.18. The summed E-state index contributed by atoms with van der Waals surface area (Å²) in [5, 5.41) is 14.8. The molecule has 0 saturated carbocycles. The molecule has 8 nitrogen and oxygen atoms in total. The molecule has 0 saturated heterocycles. The Morgan fingerprint density at radius 2 is 1.96 bits per heavy atom. The van der Waals surface area contributed by atoms with E-state index >= 15 is 0 Å². The first-order valence-corrected chi connectivity index (χ1v) is 9.60. The summed E-state index contributed by atoms with van der Waals surface area (Å²) in [6, 6.07) is 10.2. The van der Waals surface area contributed by atoms with Gasteiger partial charge in [-0.3, -0.25) is 4.68 Å². The Balaban J connectivity index is 1.52. The van der Waals surface area contributed by atoms with Crippen LogP contribution in [0, 0.1) is 0 Å². The van der Waals surface area contributed by atoms with Gasteiger partial charge in [0.05, 0.1) is 12.2 Å². The molecule has 3 aromatic rings. The van der Waals surface area contributed by atoms with Crippen molar-refractivity contribution in [2.75, 3.05) is 13.1 Å². The van der Waals surface area contributed by atoms with E-state index in [0.717, 1.165) is 49.0 Å². The molecule has 0 fully saturated rings. The van der Waals surface area contributed by atoms with Crippen molar-refractivity contribution in [3.8, 4) is 11.5 Å². The van der Waals surface area contributed by atoms with Gasteiger partial charge in [-0.1, -0.05) is 24.2 Å². The van der Waals surface area contributed by atoms with Gasteiger partial charge in [0.2, 0.25) is 0 Å². The van der Waals surface area contributed by atoms with Crippen LogP contribution in [0.4, 0.5) is 0 Å². The fourth-order valence-electron chi connectivity index (χ4n) is 2.71. The number of hydrogen-bond acceptors (Lipinski definition) is 5. The highest BCUT2D eigenvalue weighted by atomic mass is 16.5. The number of aromatic nitrogens is 4. The summed E-state index contributed by atoms with van der Waals surface area (Å²) in [7, 11) is 1.92. The van der Waals surface area contributed by atoms with E-state index in [9.17, 15) is 0 Å². The lowest BCUT2D eigenvalue weighted by atomic mass is 10.1. The minimum Gasteiger partial charge on any atom is -0.357 e. The maximum absolute atomic E-state index is 5.28. The number of nitrogens with one attached hydrogen (secondary N) is 2. The van der Waals surface area contributed by atoms with Gasteiger partial charge in [-0.25, -0.2) is 4.99 Å². The molecule has 0 amide bonds. The molecule has 2 N–H and O–H groups in total. The maximum atomic E-state index is 5.28. The molecule has 0 spiro atoms. The molecular formula is C20H27N7O. The largest absolute Gasteiger partial charge is 0.357 e. The average Bonchev–Trinajstić information content (AvgIpc) is 3.35. The summed E-state index contributed by atoms with van der Waals surface area (Å²) in [6.07, 6.45) is 3.44. The normalized spacial score (nSPS) is 11.6. The molecule has 148 valence electrons. The van der Waals surface area contributed by atoms with E-state index in [1.54, 1.807) is 6.20 Å². The fraction of sp³-hybridized carbons (Fsp3) is 0.400. The zero-order chi connectivity index (χ0) is 19.8. The van der Waals surface area contributed by atoms with Crippen LogP contribution in [-0.2, 0) is 26.4 Å². The van der Waals surface area contributed by atoms with E-state index in [2.05, 4.69) is 49.9 Å². The lowest BCUT2D eigenvalue weighted by molar-refractivity contribution is 0.423. The summed E-state index contributed by atoms with van der Waals surface area (Å²) < 4.78 is 7.12. The van der Waals surface area contributed by atoms with E-state index in [0.29, 0.717) is 12.4 Å². The topological polar surface area (TPSA) is 93.2 Å². The molecule has 0 aliphatic heterocycles. The second kappa shape index (κ2) is 9.68. The zero-order valence-corrected chi connectivity index (χ0v) is 16.6. The Kier molecular flexibility index (Phi) is 6.78. The van der Waals surface area contributed by atoms with Crippen molar-refractivity contribution in [1.82, 2.24) is 30.6 Å². The molecule has 1 aromatic carbocycles. The number of hydrogen-bond donors (Lipinski definition) is 2. The molecule has 28 heavy (non-hydrogen) atoms. The number of guanidine groups is 1. The van der Waals surface area contributed by atoms with Crippen molar-refractivity contribution < 1.29 is 4.52 Å². The number of aryl methyl sites for hydroxylation is 2. The SMILES string of the molecule is CCNC(=NCc1ccnn1C)NCCc1ccc(-c2nc(CC)no2)cc1. The van der Waals surface area contributed by atoms with Gasteiger partial charge in [0.15, 0.2) is 11.8 Å². The number of rotatable bonds is 8. The monoisotopic (exact) mass is 381 g/mol. The summed E-state index contributed by atoms with van der Waals surface area (Å²) in [5.41, 5.74) is 3.24. The zero-order valence-electron chi connectivity index (χ0n) is 16.6. The van der Waals surface area contributed by atoms with E-state index in [4.69, 9.17) is 4.52 Å². The molecule has 2 heterocycles. The van der Waals surface area contributed by atoms with Crippen LogP contribution in [0.5, 0.6) is 0 Å². The minimum atomic E-state index is 0.568. The highest BCUT2D eigenvalue weighted by molar-refractivity contribution is 5.79. The van der Waals surface area contributed by atoms with Gasteiger partial charge in [-0.05, 0) is 37.1 Å². The molecule has 0 bridgehead atoms. The molecular weight excluding hydrogens is 354 g/mol. The van der Waals surface area contributed by atoms with Crippen molar-refractivity contribution in [3.05, 3.63) is 53.6 Å². The average molecular weight is 381 g/mol. The van der Waals surface area contributed by atoms with E-state index in [1.165, 1.54) is 5.56 Å². The first-order valence-electron chi connectivity index (χ1n) is 9.60. The molecule has 0 atom stereocenters. The van der Waals surface area contributed by atoms with Gasteiger partial charge < -0.3 is 15.2 Å². The first-order chi connectivity index (χ1) is 13.7. The summed E-state index contributed by atoms with van der Waals surface area (Å²) in [6.45, 7) is 6.26. The molecule has 0 unspecified atom stereocenters. The lowest BCUT2D eigenvalue weighted by Gasteiger charge is -2.11. The molecule has 3 rings (SSSR count). The van der Waals surface area contributed by atoms with Crippen LogP contribution in [0.2, 0.25) is 0 Å². The fourth-order valence-corrected chi connectivity index (χ4v) is 2.71. The predicted octanol–water partition coefficient (Wildman–Crippen LogP) is 2.33. The first kappa shape index (κ1) is 19.6. The number of benzene rings is 1. The van der Waals surface area contributed by atoms with Crippen molar-refractivity contribution in [3.63, 3.8) is 0 Å². The van der Waals surface area contributed by atoms with Crippen LogP contribution in [-0.4, -0.2) is 39.0 Å². The van der Waals surface area contributed by atoms with Gasteiger partial charge in [-0.15, -0.1) is 0 Å². The summed E-state index contributed by atoms with van der Waals surface area (Å²) in [5.74, 6) is 2.10. The molecule has 0 aliphatic rings. The molecule has 8 heteroatoms. The maximum Gasteiger partial charge on any atom is 0.257 e. The standard InChI is InChI=1S/C20H27N7O/c1-4-18-25-19(28-26-18)16-8-6-15(7-9-16)10-12-22-20(21-5-2)23-14-17-11-13-24-27(17)3/h6-9,11,13H,4-5,10,12,14H2,1-3H3,(H2,21,22,23). The van der Waals surface area contributed by atoms with Crippen LogP contribution in [0.1, 0.15) is 30.9 Å². The van der Waals surface area contributed by atoms with Crippen molar-refractivity contribution in [2.24, 2.45) is 12.0 Å². The Bertz CT molecular complexity index is 895. The summed E-state index contributed by atoms with van der Waals surface area (Å²) >= 11 is 0. The number of aliphatic imine (C=N–C) groups is 1. The van der Waals surface area contributed by atoms with Crippen LogP contribution in [0.3, 0.4) is 0 Å². The Hall–Kier alpha value is -3.16. The lowest BCUT2D eigenvalue weighted by Crippen LogP contribution is -2.38. The van der Waals surface area contributed by atoms with E-state index in [-0.39, 0.29) is 0 Å². The molecule has 0 radical (unpaired) electrons. The third-order valence-corrected chi connectivity index (χ3v) is 4.36. The highest BCUT2D eigenvalue weighted by Gasteiger charge is 2.07. The predicted molar refractivity (Wildman–Crippen MR) is 109 cm³/mol. The summed E-state index contributed by atoms with van der Waals surface area (Å²) in [4.78, 5) is 8.98. The van der Waals surface area contributed by atoms with Gasteiger partial charge in [0, 0.05) is 38.3 Å². The second-order valence-corrected chi connectivity index (χ2v) is 6.38. The second-order valence-electron chi connectivity index (χ2n) is 6.38. The van der Waals surface area contributed by atoms with E-state index in [1.807, 2.05) is 36.9 Å².